The lowest BCUT2D eigenvalue weighted by Crippen LogP contribution is -2.40. The van der Waals surface area contributed by atoms with E-state index >= 15 is 0 Å². The Balaban J connectivity index is 1.33. The van der Waals surface area contributed by atoms with Crippen LogP contribution in [0.2, 0.25) is 0 Å². The smallest absolute Gasteiger partial charge is 0.383 e. The number of nitrogens with two attached hydrogens (primary N) is 1. The summed E-state index contributed by atoms with van der Waals surface area (Å²) in [6, 6.07) is 8.41. The van der Waals surface area contributed by atoms with Gasteiger partial charge in [0.2, 0.25) is 5.91 Å². The number of carbonyl (C=O) groups excluding carboxylic acids is 2. The summed E-state index contributed by atoms with van der Waals surface area (Å²) in [5.41, 5.74) is 9.21. The number of alkyl halides is 3. The number of nitrogens with zero attached hydrogens (tertiary/aromatic N) is 4. The van der Waals surface area contributed by atoms with Gasteiger partial charge < -0.3 is 21.7 Å². The minimum absolute atomic E-state index is 0.0501. The molecule has 4 aromatic rings. The molecule has 2 amide bonds. The van der Waals surface area contributed by atoms with E-state index in [1.807, 2.05) is 6.20 Å². The highest BCUT2D eigenvalue weighted by molar-refractivity contribution is 6.05. The maximum atomic E-state index is 13.1. The zero-order valence-corrected chi connectivity index (χ0v) is 24.7. The van der Waals surface area contributed by atoms with Crippen molar-refractivity contribution in [1.29, 1.82) is 0 Å². The van der Waals surface area contributed by atoms with E-state index in [-0.39, 0.29) is 29.4 Å². The van der Waals surface area contributed by atoms with Crippen LogP contribution < -0.4 is 21.7 Å². The summed E-state index contributed by atoms with van der Waals surface area (Å²) < 4.78 is 41.4. The molecule has 2 aliphatic rings. The monoisotopic (exact) mass is 620 g/mol. The maximum absolute atomic E-state index is 13.1. The van der Waals surface area contributed by atoms with Crippen LogP contribution in [0.1, 0.15) is 72.5 Å². The first kappa shape index (κ1) is 30.5. The van der Waals surface area contributed by atoms with Crippen molar-refractivity contribution in [2.24, 2.45) is 0 Å². The second kappa shape index (κ2) is 12.8. The zero-order valence-electron chi connectivity index (χ0n) is 24.7. The maximum Gasteiger partial charge on any atom is 0.416 e. The number of aromatic nitrogens is 4. The van der Waals surface area contributed by atoms with Crippen LogP contribution in [0.5, 0.6) is 0 Å². The van der Waals surface area contributed by atoms with Crippen LogP contribution in [0, 0.1) is 0 Å². The summed E-state index contributed by atoms with van der Waals surface area (Å²) in [6.07, 6.45) is 4.93. The van der Waals surface area contributed by atoms with Crippen molar-refractivity contribution in [3.8, 4) is 11.3 Å². The second-order valence-corrected chi connectivity index (χ2v) is 11.7. The molecule has 236 valence electrons. The van der Waals surface area contributed by atoms with Crippen LogP contribution in [0.3, 0.4) is 0 Å². The van der Waals surface area contributed by atoms with Gasteiger partial charge in [0.1, 0.15) is 17.3 Å². The Labute approximate surface area is 258 Å². The lowest BCUT2D eigenvalue weighted by atomic mass is 9.90. The van der Waals surface area contributed by atoms with E-state index in [2.05, 4.69) is 30.6 Å². The largest absolute Gasteiger partial charge is 0.416 e. The first-order valence-electron chi connectivity index (χ1n) is 15.3. The summed E-state index contributed by atoms with van der Waals surface area (Å²) in [5, 5.41) is 14.9. The summed E-state index contributed by atoms with van der Waals surface area (Å²) in [6.45, 7) is 1.47. The summed E-state index contributed by atoms with van der Waals surface area (Å²) in [4.78, 5) is 33.9. The molecule has 0 radical (unpaired) electrons. The van der Waals surface area contributed by atoms with Crippen molar-refractivity contribution in [1.82, 2.24) is 30.4 Å². The third-order valence-electron chi connectivity index (χ3n) is 8.52. The molecule has 3 aromatic heterocycles. The molecular formula is C32H35F3N8O2. The van der Waals surface area contributed by atoms with Gasteiger partial charge in [0.25, 0.3) is 5.91 Å². The number of amides is 2. The molecule has 1 aliphatic heterocycles. The number of nitrogen functional groups attached to an aromatic ring is 1. The van der Waals surface area contributed by atoms with Crippen LogP contribution in [-0.2, 0) is 17.4 Å². The number of rotatable bonds is 3. The number of carbonyl (C=O) groups is 2. The molecule has 10 nitrogen and oxygen atoms in total. The van der Waals surface area contributed by atoms with Gasteiger partial charge in [0.15, 0.2) is 0 Å². The quantitative estimate of drug-likeness (QED) is 0.245. The van der Waals surface area contributed by atoms with E-state index in [9.17, 15) is 22.8 Å². The molecule has 0 saturated heterocycles. The highest BCUT2D eigenvalue weighted by Gasteiger charge is 2.31. The third-order valence-corrected chi connectivity index (χ3v) is 8.52. The average Bonchev–Trinajstić information content (AvgIpc) is 3.43. The number of nitrogens with one attached hydrogen (secondary N) is 3. The van der Waals surface area contributed by atoms with Gasteiger partial charge in [-0.1, -0.05) is 12.1 Å². The fourth-order valence-corrected chi connectivity index (χ4v) is 6.26. The molecule has 1 aromatic carbocycles. The summed E-state index contributed by atoms with van der Waals surface area (Å²) in [5.74, 6) is -0.382. The van der Waals surface area contributed by atoms with Gasteiger partial charge in [-0.15, -0.1) is 0 Å². The van der Waals surface area contributed by atoms with Gasteiger partial charge in [0.05, 0.1) is 22.5 Å². The number of hydrogen-bond donors (Lipinski definition) is 4. The molecular weight excluding hydrogens is 585 g/mol. The lowest BCUT2D eigenvalue weighted by molar-refractivity contribution is -0.137. The standard InChI is InChI=1S/C32H35F3N8O2/c33-32(34,35)22-11-15-38-25(16-22)41-31(45)20-9-7-19(8-10-20)28-27-29-21(18-39-30(27)36)4-1-2-13-37-14-12-26(44)40-23-5-3-6-24(17-23)43(29)42-28/h7-11,15-16,18,23-24,37H,1-6,12-14,17H2,(H2,36,39)(H,40,44)(H,38,41,45)/t23-,24-/m1/s1. The normalized spacial score (nSPS) is 19.8. The van der Waals surface area contributed by atoms with E-state index in [4.69, 9.17) is 10.8 Å². The molecule has 2 atom stereocenters. The number of hydrogen-bond acceptors (Lipinski definition) is 7. The molecule has 1 aliphatic carbocycles. The number of pyridine rings is 2. The van der Waals surface area contributed by atoms with Gasteiger partial charge in [-0.2, -0.15) is 18.3 Å². The van der Waals surface area contributed by atoms with Crippen molar-refractivity contribution in [3.05, 3.63) is 65.5 Å². The zero-order chi connectivity index (χ0) is 31.6. The minimum Gasteiger partial charge on any atom is -0.383 e. The number of halogens is 3. The molecule has 1 fully saturated rings. The average molecular weight is 621 g/mol. The molecule has 6 rings (SSSR count). The first-order chi connectivity index (χ1) is 21.7. The molecule has 45 heavy (non-hydrogen) atoms. The van der Waals surface area contributed by atoms with Crippen molar-refractivity contribution in [3.63, 3.8) is 0 Å². The molecule has 2 bridgehead atoms. The van der Waals surface area contributed by atoms with Gasteiger partial charge in [0, 0.05) is 42.5 Å². The molecule has 13 heteroatoms. The Kier molecular flexibility index (Phi) is 8.70. The number of anilines is 2. The van der Waals surface area contributed by atoms with Crippen LogP contribution in [-0.4, -0.2) is 50.7 Å². The van der Waals surface area contributed by atoms with Crippen LogP contribution >= 0.6 is 0 Å². The number of benzene rings is 1. The predicted molar refractivity (Wildman–Crippen MR) is 164 cm³/mol. The Bertz CT molecular complexity index is 1700. The number of fused-ring (bicyclic) bond motifs is 3. The van der Waals surface area contributed by atoms with Crippen LogP contribution in [0.4, 0.5) is 24.8 Å². The van der Waals surface area contributed by atoms with Crippen molar-refractivity contribution in [2.45, 2.75) is 69.6 Å². The van der Waals surface area contributed by atoms with Crippen LogP contribution in [0.25, 0.3) is 22.2 Å². The highest BCUT2D eigenvalue weighted by Crippen LogP contribution is 2.39. The van der Waals surface area contributed by atoms with E-state index < -0.39 is 17.6 Å². The van der Waals surface area contributed by atoms with Gasteiger partial charge in [-0.05, 0) is 81.3 Å². The van der Waals surface area contributed by atoms with Gasteiger partial charge in [-0.25, -0.2) is 9.97 Å². The fraction of sp³-hybridized carbons (Fsp3) is 0.406. The topological polar surface area (TPSA) is 140 Å². The van der Waals surface area contributed by atoms with E-state index in [0.717, 1.165) is 91.8 Å². The third kappa shape index (κ3) is 6.77. The van der Waals surface area contributed by atoms with Crippen molar-refractivity contribution >= 4 is 34.4 Å². The fourth-order valence-electron chi connectivity index (χ4n) is 6.26. The Morgan fingerprint density at radius 3 is 2.64 bits per heavy atom. The molecule has 1 saturated carbocycles. The minimum atomic E-state index is -4.55. The Morgan fingerprint density at radius 1 is 1.02 bits per heavy atom. The Morgan fingerprint density at radius 2 is 1.84 bits per heavy atom. The van der Waals surface area contributed by atoms with E-state index in [1.54, 1.807) is 24.3 Å². The van der Waals surface area contributed by atoms with E-state index in [0.29, 0.717) is 24.5 Å². The van der Waals surface area contributed by atoms with Crippen molar-refractivity contribution < 1.29 is 22.8 Å². The molecule has 0 unspecified atom stereocenters. The van der Waals surface area contributed by atoms with Gasteiger partial charge >= 0.3 is 6.18 Å². The predicted octanol–water partition coefficient (Wildman–Crippen LogP) is 5.26. The molecule has 5 N–H and O–H groups in total. The Hall–Kier alpha value is -4.52. The lowest BCUT2D eigenvalue weighted by Gasteiger charge is -2.30. The first-order valence-corrected chi connectivity index (χ1v) is 15.3. The molecule has 4 heterocycles. The van der Waals surface area contributed by atoms with E-state index in [1.165, 1.54) is 0 Å². The van der Waals surface area contributed by atoms with Crippen molar-refractivity contribution in [2.75, 3.05) is 24.1 Å². The number of aryl methyl sites for hydroxylation is 1. The van der Waals surface area contributed by atoms with Crippen LogP contribution in [0.15, 0.2) is 48.8 Å². The SMILES string of the molecule is Nc1ncc2c3c1c(-c1ccc(C(=O)Nc4cc(C(F)(F)F)ccn4)cc1)nn3[C@@H]1CCC[C@H](C1)NC(=O)CCNCCCC2. The summed E-state index contributed by atoms with van der Waals surface area (Å²) in [7, 11) is 0. The summed E-state index contributed by atoms with van der Waals surface area (Å²) >= 11 is 0. The molecule has 0 spiro atoms. The van der Waals surface area contributed by atoms with Gasteiger partial charge in [-0.3, -0.25) is 14.3 Å². The second-order valence-electron chi connectivity index (χ2n) is 11.7. The highest BCUT2D eigenvalue weighted by atomic mass is 19.4.